The van der Waals surface area contributed by atoms with Gasteiger partial charge in [-0.25, -0.2) is 13.6 Å². The number of aryl methyl sites for hydroxylation is 2. The third kappa shape index (κ3) is 5.10. The Morgan fingerprint density at radius 1 is 1.03 bits per heavy atom. The summed E-state index contributed by atoms with van der Waals surface area (Å²) in [6.45, 7) is 4.69. The number of anilines is 1. The molecule has 0 aliphatic heterocycles. The Morgan fingerprint density at radius 3 is 2.34 bits per heavy atom. The summed E-state index contributed by atoms with van der Waals surface area (Å²) in [5.74, 6) is 1.44. The Bertz CT molecular complexity index is 1100. The standard InChI is InChI=1S/C21H24N4O3S/c1-14-12-15(2)21(19(13-14)28-3)18-8-9-20(25-24-18)23-11-10-16-4-6-17(7-5-16)29(22,26)27/h4-9,12-13H,10-11H2,1-3H3,(H,23,25)(H2,22,26,27). The fraction of sp³-hybridized carbons (Fsp3) is 0.238. The fourth-order valence-corrected chi connectivity index (χ4v) is 3.67. The van der Waals surface area contributed by atoms with Crippen LogP contribution in [-0.4, -0.2) is 32.3 Å². The van der Waals surface area contributed by atoms with E-state index in [4.69, 9.17) is 9.88 Å². The zero-order valence-electron chi connectivity index (χ0n) is 16.6. The minimum atomic E-state index is -3.66. The van der Waals surface area contributed by atoms with Crippen LogP contribution in [0.2, 0.25) is 0 Å². The SMILES string of the molecule is COc1cc(C)cc(C)c1-c1ccc(NCCc2ccc(S(N)(=O)=O)cc2)nn1. The Kier molecular flexibility index (Phi) is 6.14. The first-order chi connectivity index (χ1) is 13.8. The van der Waals surface area contributed by atoms with Crippen molar-refractivity contribution in [2.24, 2.45) is 5.14 Å². The van der Waals surface area contributed by atoms with Crippen molar-refractivity contribution < 1.29 is 13.2 Å². The van der Waals surface area contributed by atoms with Gasteiger partial charge in [-0.3, -0.25) is 0 Å². The molecule has 7 nitrogen and oxygen atoms in total. The van der Waals surface area contributed by atoms with Gasteiger partial charge in [0.05, 0.1) is 17.7 Å². The normalized spacial score (nSPS) is 11.3. The van der Waals surface area contributed by atoms with Crippen molar-refractivity contribution in [1.82, 2.24) is 10.2 Å². The summed E-state index contributed by atoms with van der Waals surface area (Å²) < 4.78 is 28.1. The molecule has 3 aromatic rings. The predicted molar refractivity (Wildman–Crippen MR) is 114 cm³/mol. The summed E-state index contributed by atoms with van der Waals surface area (Å²) in [7, 11) is -2.01. The van der Waals surface area contributed by atoms with Crippen molar-refractivity contribution in [2.75, 3.05) is 19.0 Å². The molecule has 0 atom stereocenters. The number of ether oxygens (including phenoxy) is 1. The molecular formula is C21H24N4O3S. The third-order valence-electron chi connectivity index (χ3n) is 4.56. The van der Waals surface area contributed by atoms with Crippen molar-refractivity contribution >= 4 is 15.8 Å². The van der Waals surface area contributed by atoms with E-state index in [0.29, 0.717) is 18.8 Å². The topological polar surface area (TPSA) is 107 Å². The van der Waals surface area contributed by atoms with E-state index in [1.165, 1.54) is 12.1 Å². The smallest absolute Gasteiger partial charge is 0.238 e. The van der Waals surface area contributed by atoms with Crippen LogP contribution >= 0.6 is 0 Å². The highest BCUT2D eigenvalue weighted by Crippen LogP contribution is 2.33. The zero-order valence-corrected chi connectivity index (χ0v) is 17.5. The maximum atomic E-state index is 11.3. The number of rotatable bonds is 7. The molecule has 1 heterocycles. The van der Waals surface area contributed by atoms with Crippen LogP contribution in [0.3, 0.4) is 0 Å². The second kappa shape index (κ2) is 8.59. The van der Waals surface area contributed by atoms with Crippen LogP contribution in [0, 0.1) is 13.8 Å². The van der Waals surface area contributed by atoms with Gasteiger partial charge in [-0.1, -0.05) is 18.2 Å². The van der Waals surface area contributed by atoms with Gasteiger partial charge >= 0.3 is 0 Å². The maximum absolute atomic E-state index is 11.3. The maximum Gasteiger partial charge on any atom is 0.238 e. The van der Waals surface area contributed by atoms with Crippen molar-refractivity contribution in [2.45, 2.75) is 25.2 Å². The number of hydrogen-bond donors (Lipinski definition) is 2. The van der Waals surface area contributed by atoms with Gasteiger partial charge in [0, 0.05) is 12.1 Å². The Hall–Kier alpha value is -2.97. The van der Waals surface area contributed by atoms with Gasteiger partial charge in [0.15, 0.2) is 0 Å². The molecule has 1 aromatic heterocycles. The Labute approximate surface area is 171 Å². The van der Waals surface area contributed by atoms with Crippen LogP contribution in [0.4, 0.5) is 5.82 Å². The van der Waals surface area contributed by atoms with E-state index < -0.39 is 10.0 Å². The zero-order chi connectivity index (χ0) is 21.0. The quantitative estimate of drug-likeness (QED) is 0.618. The third-order valence-corrected chi connectivity index (χ3v) is 5.49. The van der Waals surface area contributed by atoms with E-state index in [-0.39, 0.29) is 4.90 Å². The highest BCUT2D eigenvalue weighted by molar-refractivity contribution is 7.89. The Balaban J connectivity index is 1.65. The van der Waals surface area contributed by atoms with E-state index in [1.54, 1.807) is 19.2 Å². The minimum absolute atomic E-state index is 0.109. The number of benzene rings is 2. The van der Waals surface area contributed by atoms with Crippen LogP contribution in [0.25, 0.3) is 11.3 Å². The van der Waals surface area contributed by atoms with Gasteiger partial charge in [-0.05, 0) is 67.3 Å². The number of methoxy groups -OCH3 is 1. The summed E-state index contributed by atoms with van der Waals surface area (Å²) in [5.41, 5.74) is 4.90. The highest BCUT2D eigenvalue weighted by Gasteiger charge is 2.12. The van der Waals surface area contributed by atoms with Crippen molar-refractivity contribution in [3.63, 3.8) is 0 Å². The summed E-state index contributed by atoms with van der Waals surface area (Å²) in [6.07, 6.45) is 0.708. The second-order valence-corrected chi connectivity index (χ2v) is 8.39. The summed E-state index contributed by atoms with van der Waals surface area (Å²) >= 11 is 0. The minimum Gasteiger partial charge on any atom is -0.496 e. The number of nitrogens with two attached hydrogens (primary N) is 1. The van der Waals surface area contributed by atoms with Gasteiger partial charge in [-0.15, -0.1) is 10.2 Å². The highest BCUT2D eigenvalue weighted by atomic mass is 32.2. The predicted octanol–water partition coefficient (Wildman–Crippen LogP) is 3.07. The molecular weight excluding hydrogens is 388 g/mol. The van der Waals surface area contributed by atoms with Gasteiger partial charge in [-0.2, -0.15) is 0 Å². The average molecular weight is 413 g/mol. The number of nitrogens with zero attached hydrogens (tertiary/aromatic N) is 2. The summed E-state index contributed by atoms with van der Waals surface area (Å²) in [6, 6.07) is 14.4. The first-order valence-electron chi connectivity index (χ1n) is 9.13. The molecule has 0 spiro atoms. The van der Waals surface area contributed by atoms with Gasteiger partial charge in [0.1, 0.15) is 11.6 Å². The molecule has 0 aliphatic carbocycles. The number of hydrogen-bond acceptors (Lipinski definition) is 6. The summed E-state index contributed by atoms with van der Waals surface area (Å²) in [4.78, 5) is 0.109. The van der Waals surface area contributed by atoms with Crippen molar-refractivity contribution in [3.05, 3.63) is 65.2 Å². The van der Waals surface area contributed by atoms with Crippen LogP contribution in [0.1, 0.15) is 16.7 Å². The van der Waals surface area contributed by atoms with E-state index in [9.17, 15) is 8.42 Å². The number of aromatic nitrogens is 2. The lowest BCUT2D eigenvalue weighted by Gasteiger charge is -2.12. The summed E-state index contributed by atoms with van der Waals surface area (Å²) in [5, 5.41) is 16.9. The molecule has 0 unspecified atom stereocenters. The lowest BCUT2D eigenvalue weighted by Crippen LogP contribution is -2.12. The largest absolute Gasteiger partial charge is 0.496 e. The van der Waals surface area contributed by atoms with E-state index in [1.807, 2.05) is 32.0 Å². The molecule has 3 N–H and O–H groups in total. The van der Waals surface area contributed by atoms with E-state index in [0.717, 1.165) is 33.7 Å². The molecule has 8 heteroatoms. The van der Waals surface area contributed by atoms with Gasteiger partial charge in [0.25, 0.3) is 0 Å². The van der Waals surface area contributed by atoms with E-state index >= 15 is 0 Å². The van der Waals surface area contributed by atoms with Crippen molar-refractivity contribution in [3.8, 4) is 17.0 Å². The lowest BCUT2D eigenvalue weighted by atomic mass is 10.0. The lowest BCUT2D eigenvalue weighted by molar-refractivity contribution is 0.415. The number of nitrogens with one attached hydrogen (secondary N) is 1. The molecule has 0 saturated carbocycles. The van der Waals surface area contributed by atoms with Crippen LogP contribution in [0.5, 0.6) is 5.75 Å². The first-order valence-corrected chi connectivity index (χ1v) is 10.7. The first kappa shape index (κ1) is 20.8. The van der Waals surface area contributed by atoms with Crippen molar-refractivity contribution in [1.29, 1.82) is 0 Å². The number of sulfonamides is 1. The van der Waals surface area contributed by atoms with Crippen LogP contribution < -0.4 is 15.2 Å². The molecule has 0 bridgehead atoms. The molecule has 0 aliphatic rings. The van der Waals surface area contributed by atoms with E-state index in [2.05, 4.69) is 21.6 Å². The van der Waals surface area contributed by atoms with Gasteiger partial charge in [0.2, 0.25) is 10.0 Å². The van der Waals surface area contributed by atoms with Crippen LogP contribution in [0.15, 0.2) is 53.4 Å². The molecule has 0 amide bonds. The monoisotopic (exact) mass is 412 g/mol. The molecule has 29 heavy (non-hydrogen) atoms. The molecule has 0 saturated heterocycles. The Morgan fingerprint density at radius 2 is 1.76 bits per heavy atom. The molecule has 0 fully saturated rings. The molecule has 152 valence electrons. The average Bonchev–Trinajstić information content (AvgIpc) is 2.68. The molecule has 3 rings (SSSR count). The second-order valence-electron chi connectivity index (χ2n) is 6.83. The van der Waals surface area contributed by atoms with Crippen LogP contribution in [-0.2, 0) is 16.4 Å². The number of primary sulfonamides is 1. The molecule has 0 radical (unpaired) electrons. The fourth-order valence-electron chi connectivity index (χ4n) is 3.16. The van der Waals surface area contributed by atoms with Gasteiger partial charge < -0.3 is 10.1 Å². The molecule has 2 aromatic carbocycles.